The highest BCUT2D eigenvalue weighted by Gasteiger charge is 2.32. The highest BCUT2D eigenvalue weighted by atomic mass is 32.1. The molecule has 4 rings (SSSR count). The number of thiocarbonyl (C=S) groups is 1. The van der Waals surface area contributed by atoms with Crippen molar-refractivity contribution in [2.75, 3.05) is 25.7 Å². The van der Waals surface area contributed by atoms with E-state index < -0.39 is 0 Å². The van der Waals surface area contributed by atoms with Crippen LogP contribution in [0.25, 0.3) is 0 Å². The van der Waals surface area contributed by atoms with Crippen molar-refractivity contribution in [3.8, 4) is 11.5 Å². The third-order valence-corrected chi connectivity index (χ3v) is 5.48. The molecule has 0 radical (unpaired) electrons. The zero-order valence-corrected chi connectivity index (χ0v) is 16.2. The van der Waals surface area contributed by atoms with Gasteiger partial charge in [-0.3, -0.25) is 0 Å². The topological polar surface area (TPSA) is 21.7 Å². The van der Waals surface area contributed by atoms with Gasteiger partial charge in [-0.05, 0) is 35.4 Å². The summed E-state index contributed by atoms with van der Waals surface area (Å²) in [4.78, 5) is 3.02. The first-order chi connectivity index (χ1) is 13.2. The number of fused-ring (bicyclic) bond motifs is 1. The summed E-state index contributed by atoms with van der Waals surface area (Å²) in [7, 11) is 3.32. The fraction of sp³-hybridized carbons (Fsp3) is 0.174. The van der Waals surface area contributed by atoms with Gasteiger partial charge in [-0.25, -0.2) is 0 Å². The van der Waals surface area contributed by atoms with E-state index in [0.29, 0.717) is 5.75 Å². The minimum Gasteiger partial charge on any atom is -0.493 e. The molecule has 1 aliphatic heterocycles. The van der Waals surface area contributed by atoms with E-state index in [1.807, 2.05) is 30.3 Å². The SMILES string of the molecule is COc1cc2c(cc1OC)C(c1ccccc1)CN(c1ccccc1)C2=S. The molecule has 0 aliphatic carbocycles. The fourth-order valence-electron chi connectivity index (χ4n) is 3.68. The van der Waals surface area contributed by atoms with Crippen LogP contribution in [0, 0.1) is 0 Å². The van der Waals surface area contributed by atoms with Crippen molar-refractivity contribution in [3.05, 3.63) is 89.5 Å². The summed E-state index contributed by atoms with van der Waals surface area (Å²) in [6.45, 7) is 0.787. The lowest BCUT2D eigenvalue weighted by molar-refractivity contribution is 0.354. The molecule has 0 aromatic heterocycles. The largest absolute Gasteiger partial charge is 0.493 e. The van der Waals surface area contributed by atoms with Crippen LogP contribution in [0.4, 0.5) is 5.69 Å². The second-order valence-corrected chi connectivity index (χ2v) is 6.90. The molecule has 3 aromatic carbocycles. The predicted octanol–water partition coefficient (Wildman–Crippen LogP) is 5.03. The molecular weight excluding hydrogens is 354 g/mol. The van der Waals surface area contributed by atoms with Crippen molar-refractivity contribution in [2.45, 2.75) is 5.92 Å². The lowest BCUT2D eigenvalue weighted by Crippen LogP contribution is -2.39. The molecule has 0 fully saturated rings. The molecule has 136 valence electrons. The number of hydrogen-bond acceptors (Lipinski definition) is 3. The third kappa shape index (κ3) is 3.17. The molecule has 0 amide bonds. The molecule has 0 saturated carbocycles. The van der Waals surface area contributed by atoms with Crippen molar-refractivity contribution < 1.29 is 9.47 Å². The summed E-state index contributed by atoms with van der Waals surface area (Å²) < 4.78 is 11.1. The highest BCUT2D eigenvalue weighted by Crippen LogP contribution is 2.41. The summed E-state index contributed by atoms with van der Waals surface area (Å²) >= 11 is 5.88. The Kier molecular flexibility index (Phi) is 4.82. The second-order valence-electron chi connectivity index (χ2n) is 6.51. The van der Waals surface area contributed by atoms with E-state index in [4.69, 9.17) is 21.7 Å². The van der Waals surface area contributed by atoms with E-state index >= 15 is 0 Å². The van der Waals surface area contributed by atoms with E-state index in [1.54, 1.807) is 14.2 Å². The summed E-state index contributed by atoms with van der Waals surface area (Å²) in [5.41, 5.74) is 4.56. The Bertz CT molecular complexity index is 957. The number of hydrogen-bond donors (Lipinski definition) is 0. The maximum Gasteiger partial charge on any atom is 0.161 e. The van der Waals surface area contributed by atoms with Crippen LogP contribution in [0.2, 0.25) is 0 Å². The van der Waals surface area contributed by atoms with Gasteiger partial charge in [0.15, 0.2) is 11.5 Å². The van der Waals surface area contributed by atoms with Gasteiger partial charge < -0.3 is 14.4 Å². The molecular formula is C23H21NO2S. The average Bonchev–Trinajstić information content (AvgIpc) is 2.74. The van der Waals surface area contributed by atoms with Crippen LogP contribution in [-0.2, 0) is 0 Å². The van der Waals surface area contributed by atoms with Gasteiger partial charge in [-0.2, -0.15) is 0 Å². The zero-order chi connectivity index (χ0) is 18.8. The fourth-order valence-corrected chi connectivity index (χ4v) is 4.04. The van der Waals surface area contributed by atoms with Gasteiger partial charge in [0.1, 0.15) is 4.99 Å². The number of nitrogens with zero attached hydrogens (tertiary/aromatic N) is 1. The van der Waals surface area contributed by atoms with Gasteiger partial charge in [0.05, 0.1) is 14.2 Å². The predicted molar refractivity (Wildman–Crippen MR) is 113 cm³/mol. The molecule has 3 nitrogen and oxygen atoms in total. The molecule has 0 bridgehead atoms. The number of ether oxygens (including phenoxy) is 2. The Morgan fingerprint density at radius 1 is 0.852 bits per heavy atom. The Hall–Kier alpha value is -2.85. The van der Waals surface area contributed by atoms with Crippen LogP contribution in [0.3, 0.4) is 0 Å². The van der Waals surface area contributed by atoms with Crippen molar-refractivity contribution in [1.82, 2.24) is 0 Å². The number of para-hydroxylation sites is 1. The normalized spacial score (nSPS) is 16.0. The van der Waals surface area contributed by atoms with Crippen LogP contribution >= 0.6 is 12.2 Å². The summed E-state index contributed by atoms with van der Waals surface area (Å²) in [5.74, 6) is 1.61. The maximum absolute atomic E-state index is 5.88. The van der Waals surface area contributed by atoms with Crippen LogP contribution in [0.15, 0.2) is 72.8 Å². The van der Waals surface area contributed by atoms with Crippen LogP contribution < -0.4 is 14.4 Å². The Morgan fingerprint density at radius 3 is 2.07 bits per heavy atom. The van der Waals surface area contributed by atoms with Gasteiger partial charge in [0, 0.05) is 23.7 Å². The molecule has 0 spiro atoms. The van der Waals surface area contributed by atoms with E-state index in [0.717, 1.165) is 28.5 Å². The standard InChI is InChI=1S/C23H21NO2S/c1-25-21-13-18-19(14-22(21)26-2)23(27)24(17-11-7-4-8-12-17)15-20(18)16-9-5-3-6-10-16/h3-14,20H,15H2,1-2H3. The lowest BCUT2D eigenvalue weighted by Gasteiger charge is -2.37. The number of benzene rings is 3. The zero-order valence-electron chi connectivity index (χ0n) is 15.4. The monoisotopic (exact) mass is 375 g/mol. The number of rotatable bonds is 4. The first kappa shape index (κ1) is 17.6. The van der Waals surface area contributed by atoms with Crippen LogP contribution in [0.1, 0.15) is 22.6 Å². The van der Waals surface area contributed by atoms with Gasteiger partial charge in [-0.1, -0.05) is 60.7 Å². The summed E-state index contributed by atoms with van der Waals surface area (Å²) in [6, 6.07) is 24.9. The van der Waals surface area contributed by atoms with Crippen molar-refractivity contribution >= 4 is 22.9 Å². The van der Waals surface area contributed by atoms with E-state index in [1.165, 1.54) is 11.1 Å². The van der Waals surface area contributed by atoms with Crippen molar-refractivity contribution in [1.29, 1.82) is 0 Å². The summed E-state index contributed by atoms with van der Waals surface area (Å²) in [5, 5.41) is 0. The number of anilines is 1. The Balaban J connectivity index is 1.90. The van der Waals surface area contributed by atoms with Gasteiger partial charge in [-0.15, -0.1) is 0 Å². The van der Waals surface area contributed by atoms with E-state index in [2.05, 4.69) is 47.4 Å². The molecule has 4 heteroatoms. The smallest absolute Gasteiger partial charge is 0.161 e. The van der Waals surface area contributed by atoms with Crippen LogP contribution in [-0.4, -0.2) is 25.8 Å². The molecule has 27 heavy (non-hydrogen) atoms. The molecule has 1 heterocycles. The molecule has 0 N–H and O–H groups in total. The van der Waals surface area contributed by atoms with Gasteiger partial charge in [0.25, 0.3) is 0 Å². The minimum atomic E-state index is 0.188. The van der Waals surface area contributed by atoms with Gasteiger partial charge in [0.2, 0.25) is 0 Å². The van der Waals surface area contributed by atoms with Gasteiger partial charge >= 0.3 is 0 Å². The first-order valence-corrected chi connectivity index (χ1v) is 9.31. The summed E-state index contributed by atoms with van der Waals surface area (Å²) in [6.07, 6.45) is 0. The van der Waals surface area contributed by atoms with E-state index in [-0.39, 0.29) is 5.92 Å². The van der Waals surface area contributed by atoms with Crippen molar-refractivity contribution in [2.24, 2.45) is 0 Å². The van der Waals surface area contributed by atoms with E-state index in [9.17, 15) is 0 Å². The number of methoxy groups -OCH3 is 2. The Morgan fingerprint density at radius 2 is 1.44 bits per heavy atom. The molecule has 0 saturated heterocycles. The molecule has 3 aromatic rings. The maximum atomic E-state index is 5.88. The third-order valence-electron chi connectivity index (χ3n) is 5.04. The molecule has 1 atom stereocenters. The minimum absolute atomic E-state index is 0.188. The van der Waals surface area contributed by atoms with Crippen LogP contribution in [0.5, 0.6) is 11.5 Å². The average molecular weight is 375 g/mol. The molecule has 1 unspecified atom stereocenters. The second kappa shape index (κ2) is 7.41. The highest BCUT2D eigenvalue weighted by molar-refractivity contribution is 7.81. The quantitative estimate of drug-likeness (QED) is 0.596. The first-order valence-electron chi connectivity index (χ1n) is 8.90. The lowest BCUT2D eigenvalue weighted by atomic mass is 9.84. The Labute approximate surface area is 165 Å². The van der Waals surface area contributed by atoms with Crippen molar-refractivity contribution in [3.63, 3.8) is 0 Å². The molecule has 1 aliphatic rings.